The van der Waals surface area contributed by atoms with Gasteiger partial charge in [-0.1, -0.05) is 25.1 Å². The zero-order valence-corrected chi connectivity index (χ0v) is 17.4. The van der Waals surface area contributed by atoms with Gasteiger partial charge in [0.15, 0.2) is 0 Å². The van der Waals surface area contributed by atoms with Crippen molar-refractivity contribution >= 4 is 23.5 Å². The summed E-state index contributed by atoms with van der Waals surface area (Å²) < 4.78 is 0. The van der Waals surface area contributed by atoms with Crippen molar-refractivity contribution in [3.63, 3.8) is 0 Å². The lowest BCUT2D eigenvalue weighted by Gasteiger charge is -2.35. The molecule has 4 rings (SSSR count). The molecule has 3 heterocycles. The molecule has 1 N–H and O–H groups in total. The van der Waals surface area contributed by atoms with E-state index in [1.807, 2.05) is 36.1 Å². The smallest absolute Gasteiger partial charge is 0.321 e. The fourth-order valence-electron chi connectivity index (χ4n) is 4.04. The summed E-state index contributed by atoms with van der Waals surface area (Å²) in [6, 6.07) is 10.0. The van der Waals surface area contributed by atoms with E-state index in [9.17, 15) is 4.79 Å². The number of carbonyl (C=O) groups is 1. The average molecular weight is 395 g/mol. The van der Waals surface area contributed by atoms with E-state index in [-0.39, 0.29) is 6.03 Å². The molecule has 0 bridgehead atoms. The summed E-state index contributed by atoms with van der Waals surface area (Å²) in [4.78, 5) is 28.6. The number of nitrogens with zero attached hydrogens (tertiary/aromatic N) is 5. The predicted octanol–water partition coefficient (Wildman–Crippen LogP) is 3.30. The van der Waals surface area contributed by atoms with Crippen LogP contribution in [0.4, 0.5) is 22.2 Å². The lowest BCUT2D eigenvalue weighted by Crippen LogP contribution is -2.50. The van der Waals surface area contributed by atoms with E-state index in [4.69, 9.17) is 4.98 Å². The second-order valence-electron chi connectivity index (χ2n) is 7.78. The van der Waals surface area contributed by atoms with E-state index < -0.39 is 0 Å². The second kappa shape index (κ2) is 8.68. The van der Waals surface area contributed by atoms with Crippen LogP contribution in [0.1, 0.15) is 31.0 Å². The fraction of sp³-hybridized carbons (Fsp3) is 0.500. The number of para-hydroxylation sites is 1. The van der Waals surface area contributed by atoms with E-state index in [0.29, 0.717) is 13.1 Å². The fourth-order valence-corrected chi connectivity index (χ4v) is 4.04. The lowest BCUT2D eigenvalue weighted by atomic mass is 10.1. The van der Waals surface area contributed by atoms with Gasteiger partial charge in [-0.05, 0) is 37.8 Å². The van der Waals surface area contributed by atoms with Crippen molar-refractivity contribution in [3.05, 3.63) is 41.6 Å². The van der Waals surface area contributed by atoms with Crippen molar-refractivity contribution in [2.45, 2.75) is 33.1 Å². The minimum absolute atomic E-state index is 0.0258. The molecule has 2 aliphatic heterocycles. The maximum atomic E-state index is 12.7. The number of amides is 2. The Balaban J connectivity index is 1.38. The second-order valence-corrected chi connectivity index (χ2v) is 7.78. The topological polar surface area (TPSA) is 64.6 Å². The Bertz CT molecular complexity index is 856. The van der Waals surface area contributed by atoms with E-state index in [0.717, 1.165) is 61.3 Å². The van der Waals surface area contributed by atoms with Crippen LogP contribution in [0.3, 0.4) is 0 Å². The summed E-state index contributed by atoms with van der Waals surface area (Å²) in [5, 5.41) is 3.08. The molecule has 2 amide bonds. The summed E-state index contributed by atoms with van der Waals surface area (Å²) in [5.41, 5.74) is 3.06. The summed E-state index contributed by atoms with van der Waals surface area (Å²) in [6.07, 6.45) is 3.32. The van der Waals surface area contributed by atoms with Gasteiger partial charge >= 0.3 is 6.03 Å². The van der Waals surface area contributed by atoms with Crippen molar-refractivity contribution in [2.75, 3.05) is 54.4 Å². The minimum atomic E-state index is -0.0258. The standard InChI is InChI=1S/C22H30N6O/c1-3-18-8-4-5-9-19(18)24-22(29)28-14-12-26(13-15-28)20-16-17(2)23-21(25-20)27-10-6-7-11-27/h4-5,8-9,16H,3,6-7,10-15H2,1-2H3,(H,24,29). The van der Waals surface area contributed by atoms with Gasteiger partial charge in [-0.15, -0.1) is 0 Å². The molecule has 0 aliphatic carbocycles. The molecule has 7 nitrogen and oxygen atoms in total. The Kier molecular flexibility index (Phi) is 5.83. The number of hydrogen-bond donors (Lipinski definition) is 1. The molecule has 2 aromatic rings. The molecule has 0 radical (unpaired) electrons. The first-order valence-electron chi connectivity index (χ1n) is 10.6. The predicted molar refractivity (Wildman–Crippen MR) is 117 cm³/mol. The number of benzene rings is 1. The van der Waals surface area contributed by atoms with Gasteiger partial charge in [0.25, 0.3) is 0 Å². The molecule has 2 fully saturated rings. The highest BCUT2D eigenvalue weighted by atomic mass is 16.2. The number of anilines is 3. The van der Waals surface area contributed by atoms with Crippen LogP contribution < -0.4 is 15.1 Å². The van der Waals surface area contributed by atoms with Gasteiger partial charge in [0.2, 0.25) is 5.95 Å². The molecule has 2 saturated heterocycles. The minimum Gasteiger partial charge on any atom is -0.353 e. The first-order valence-corrected chi connectivity index (χ1v) is 10.6. The van der Waals surface area contributed by atoms with Gasteiger partial charge in [-0.25, -0.2) is 9.78 Å². The number of urea groups is 1. The number of aryl methyl sites for hydroxylation is 2. The van der Waals surface area contributed by atoms with E-state index in [1.165, 1.54) is 12.8 Å². The largest absolute Gasteiger partial charge is 0.353 e. The maximum Gasteiger partial charge on any atom is 0.321 e. The van der Waals surface area contributed by atoms with Crippen LogP contribution in [0.15, 0.2) is 30.3 Å². The summed E-state index contributed by atoms with van der Waals surface area (Å²) in [7, 11) is 0. The molecule has 154 valence electrons. The molecule has 29 heavy (non-hydrogen) atoms. The van der Waals surface area contributed by atoms with Crippen molar-refractivity contribution in [2.24, 2.45) is 0 Å². The number of hydrogen-bond acceptors (Lipinski definition) is 5. The maximum absolute atomic E-state index is 12.7. The van der Waals surface area contributed by atoms with Crippen LogP contribution in [-0.2, 0) is 6.42 Å². The van der Waals surface area contributed by atoms with Crippen LogP contribution in [0.5, 0.6) is 0 Å². The number of carbonyl (C=O) groups excluding carboxylic acids is 1. The Morgan fingerprint density at radius 2 is 1.72 bits per heavy atom. The average Bonchev–Trinajstić information content (AvgIpc) is 3.29. The van der Waals surface area contributed by atoms with Gasteiger partial charge < -0.3 is 20.0 Å². The Hall–Kier alpha value is -2.83. The highest BCUT2D eigenvalue weighted by Crippen LogP contribution is 2.22. The first kappa shape index (κ1) is 19.5. The van der Waals surface area contributed by atoms with E-state index in [2.05, 4.69) is 33.1 Å². The van der Waals surface area contributed by atoms with Gasteiger partial charge in [-0.2, -0.15) is 4.98 Å². The van der Waals surface area contributed by atoms with Gasteiger partial charge in [-0.3, -0.25) is 0 Å². The molecule has 0 atom stereocenters. The molecular weight excluding hydrogens is 364 g/mol. The molecule has 0 spiro atoms. The number of piperazine rings is 1. The van der Waals surface area contributed by atoms with Gasteiger partial charge in [0.05, 0.1) is 0 Å². The van der Waals surface area contributed by atoms with Crippen molar-refractivity contribution < 1.29 is 4.79 Å². The van der Waals surface area contributed by atoms with Crippen molar-refractivity contribution in [1.82, 2.24) is 14.9 Å². The monoisotopic (exact) mass is 394 g/mol. The highest BCUT2D eigenvalue weighted by Gasteiger charge is 2.24. The Labute approximate surface area is 172 Å². The van der Waals surface area contributed by atoms with Crippen molar-refractivity contribution in [1.29, 1.82) is 0 Å². The van der Waals surface area contributed by atoms with E-state index >= 15 is 0 Å². The molecule has 0 saturated carbocycles. The summed E-state index contributed by atoms with van der Waals surface area (Å²) >= 11 is 0. The molecule has 1 aromatic carbocycles. The number of aromatic nitrogens is 2. The third-order valence-electron chi connectivity index (χ3n) is 5.75. The molecule has 2 aliphatic rings. The highest BCUT2D eigenvalue weighted by molar-refractivity contribution is 5.90. The van der Waals surface area contributed by atoms with Crippen molar-refractivity contribution in [3.8, 4) is 0 Å². The third kappa shape index (κ3) is 4.44. The number of nitrogens with one attached hydrogen (secondary N) is 1. The zero-order chi connectivity index (χ0) is 20.2. The summed E-state index contributed by atoms with van der Waals surface area (Å²) in [5.74, 6) is 1.81. The summed E-state index contributed by atoms with van der Waals surface area (Å²) in [6.45, 7) is 9.12. The van der Waals surface area contributed by atoms with Crippen LogP contribution in [0.25, 0.3) is 0 Å². The SMILES string of the molecule is CCc1ccccc1NC(=O)N1CCN(c2cc(C)nc(N3CCCC3)n2)CC1. The van der Waals surface area contributed by atoms with Gasteiger partial charge in [0.1, 0.15) is 5.82 Å². The zero-order valence-electron chi connectivity index (χ0n) is 17.4. The Morgan fingerprint density at radius 3 is 2.45 bits per heavy atom. The molecule has 1 aromatic heterocycles. The van der Waals surface area contributed by atoms with Crippen LogP contribution in [0.2, 0.25) is 0 Å². The van der Waals surface area contributed by atoms with Gasteiger partial charge in [0, 0.05) is 56.7 Å². The van der Waals surface area contributed by atoms with Crippen LogP contribution in [0, 0.1) is 6.92 Å². The molecule has 7 heteroatoms. The Morgan fingerprint density at radius 1 is 1.00 bits per heavy atom. The quantitative estimate of drug-likeness (QED) is 0.862. The normalized spacial score (nSPS) is 17.0. The van der Waals surface area contributed by atoms with E-state index in [1.54, 1.807) is 0 Å². The van der Waals surface area contributed by atoms with Crippen LogP contribution in [-0.4, -0.2) is 60.2 Å². The molecular formula is C22H30N6O. The molecule has 0 unspecified atom stereocenters. The number of rotatable bonds is 4. The lowest BCUT2D eigenvalue weighted by molar-refractivity contribution is 0.208. The third-order valence-corrected chi connectivity index (χ3v) is 5.75. The van der Waals surface area contributed by atoms with Crippen LogP contribution >= 0.6 is 0 Å². The first-order chi connectivity index (χ1) is 14.1.